The second kappa shape index (κ2) is 8.02. The molecule has 2 aromatic heterocycles. The van der Waals surface area contributed by atoms with Crippen LogP contribution in [0.1, 0.15) is 5.56 Å². The van der Waals surface area contributed by atoms with Crippen molar-refractivity contribution in [2.75, 3.05) is 0 Å². The van der Waals surface area contributed by atoms with E-state index in [0.717, 1.165) is 16.5 Å². The molecular weight excluding hydrogens is 330 g/mol. The maximum Gasteiger partial charge on any atom is 0.326 e. The quantitative estimate of drug-likeness (QED) is 0.417. The highest BCUT2D eigenvalue weighted by atomic mass is 16.4. The van der Waals surface area contributed by atoms with Crippen molar-refractivity contribution < 1.29 is 14.7 Å². The lowest BCUT2D eigenvalue weighted by Gasteiger charge is -2.09. The largest absolute Gasteiger partial charge is 0.480 e. The fourth-order valence-electron chi connectivity index (χ4n) is 2.82. The zero-order chi connectivity index (χ0) is 18.4. The second-order valence-corrected chi connectivity index (χ2v) is 5.80. The molecular formula is C20H19N3O3. The number of amides is 1. The van der Waals surface area contributed by atoms with Gasteiger partial charge in [0.25, 0.3) is 0 Å². The highest BCUT2D eigenvalue weighted by Gasteiger charge is 2.18. The van der Waals surface area contributed by atoms with Crippen molar-refractivity contribution in [3.63, 3.8) is 0 Å². The summed E-state index contributed by atoms with van der Waals surface area (Å²) in [4.78, 5) is 27.4. The van der Waals surface area contributed by atoms with Gasteiger partial charge in [0.15, 0.2) is 0 Å². The van der Waals surface area contributed by atoms with Gasteiger partial charge in [-0.25, -0.2) is 4.79 Å². The molecule has 1 amide bonds. The van der Waals surface area contributed by atoms with Gasteiger partial charge in [0.2, 0.25) is 6.41 Å². The number of aromatic nitrogens is 2. The number of carboxylic acids is 1. The van der Waals surface area contributed by atoms with E-state index in [1.54, 1.807) is 6.20 Å². The topological polar surface area (TPSA) is 98.0 Å². The van der Waals surface area contributed by atoms with Crippen LogP contribution in [0.4, 0.5) is 0 Å². The highest BCUT2D eigenvalue weighted by molar-refractivity contribution is 5.84. The van der Waals surface area contributed by atoms with Gasteiger partial charge in [0.1, 0.15) is 6.04 Å². The lowest BCUT2D eigenvalue weighted by atomic mass is 10.1. The van der Waals surface area contributed by atoms with Crippen LogP contribution in [0.3, 0.4) is 0 Å². The Labute approximate surface area is 149 Å². The molecule has 0 bridgehead atoms. The highest BCUT2D eigenvalue weighted by Crippen LogP contribution is 2.19. The van der Waals surface area contributed by atoms with Gasteiger partial charge in [0.05, 0.1) is 0 Å². The molecule has 0 saturated heterocycles. The van der Waals surface area contributed by atoms with Crippen LogP contribution in [-0.2, 0) is 16.0 Å². The number of hydrogen-bond donors (Lipinski definition) is 4. The average Bonchev–Trinajstić information content (AvgIpc) is 3.29. The van der Waals surface area contributed by atoms with Gasteiger partial charge in [-0.2, -0.15) is 0 Å². The number of nitrogens with one attached hydrogen (secondary N) is 3. The molecule has 4 N–H and O–H groups in total. The summed E-state index contributed by atoms with van der Waals surface area (Å²) in [5.41, 5.74) is 3.04. The average molecular weight is 349 g/mol. The van der Waals surface area contributed by atoms with E-state index in [4.69, 9.17) is 5.11 Å². The molecule has 0 aliphatic rings. The first-order chi connectivity index (χ1) is 12.7. The van der Waals surface area contributed by atoms with Gasteiger partial charge in [-0.15, -0.1) is 0 Å². The Bertz CT molecular complexity index is 989. The molecule has 6 heteroatoms. The number of carbonyl (C=O) groups is 2. The lowest BCUT2D eigenvalue weighted by Crippen LogP contribution is -2.37. The number of fused-ring (bicyclic) bond motifs is 2. The smallest absolute Gasteiger partial charge is 0.326 e. The third-order valence-electron chi connectivity index (χ3n) is 4.13. The van der Waals surface area contributed by atoms with Crippen LogP contribution in [0.25, 0.3) is 21.8 Å². The molecule has 1 atom stereocenters. The van der Waals surface area contributed by atoms with Gasteiger partial charge in [-0.3, -0.25) is 4.79 Å². The standard InChI is InChI=1S/C12H12N2O3.C8H7N/c15-7-14-11(12(16)17)5-8-6-13-10-4-2-1-3-9(8)10;1-2-4-8-7(3-1)5-6-9-8/h1-4,6-7,11,13H,5H2,(H,14,15)(H,16,17);1-6,9H/t11-;/m0./s1. The molecule has 0 unspecified atom stereocenters. The molecule has 4 rings (SSSR count). The van der Waals surface area contributed by atoms with Crippen LogP contribution in [0.5, 0.6) is 0 Å². The molecule has 0 saturated carbocycles. The van der Waals surface area contributed by atoms with Crippen LogP contribution in [0, 0.1) is 0 Å². The normalized spacial score (nSPS) is 11.5. The van der Waals surface area contributed by atoms with E-state index < -0.39 is 12.0 Å². The Morgan fingerprint density at radius 3 is 2.50 bits per heavy atom. The number of para-hydroxylation sites is 2. The fourth-order valence-corrected chi connectivity index (χ4v) is 2.82. The molecule has 4 aromatic rings. The van der Waals surface area contributed by atoms with Crippen molar-refractivity contribution in [2.24, 2.45) is 0 Å². The third kappa shape index (κ3) is 3.92. The van der Waals surface area contributed by atoms with Crippen molar-refractivity contribution in [3.05, 3.63) is 72.6 Å². The van der Waals surface area contributed by atoms with E-state index in [1.807, 2.05) is 42.6 Å². The molecule has 0 aliphatic heterocycles. The Kier molecular flexibility index (Phi) is 5.34. The van der Waals surface area contributed by atoms with Gasteiger partial charge >= 0.3 is 5.97 Å². The van der Waals surface area contributed by atoms with E-state index in [2.05, 4.69) is 33.5 Å². The summed E-state index contributed by atoms with van der Waals surface area (Å²) >= 11 is 0. The molecule has 26 heavy (non-hydrogen) atoms. The number of aliphatic carboxylic acids is 1. The van der Waals surface area contributed by atoms with Gasteiger partial charge in [-0.05, 0) is 29.1 Å². The first kappa shape index (κ1) is 17.3. The molecule has 132 valence electrons. The van der Waals surface area contributed by atoms with Crippen molar-refractivity contribution in [1.82, 2.24) is 15.3 Å². The summed E-state index contributed by atoms with van der Waals surface area (Å²) in [6, 6.07) is 17.0. The van der Waals surface area contributed by atoms with Crippen LogP contribution >= 0.6 is 0 Å². The predicted octanol–water partition coefficient (Wildman–Crippen LogP) is 3.08. The van der Waals surface area contributed by atoms with Crippen molar-refractivity contribution in [1.29, 1.82) is 0 Å². The van der Waals surface area contributed by atoms with Crippen molar-refractivity contribution in [2.45, 2.75) is 12.5 Å². The Hall–Kier alpha value is -3.54. The monoisotopic (exact) mass is 349 g/mol. The van der Waals surface area contributed by atoms with Gasteiger partial charge in [0, 0.05) is 35.2 Å². The first-order valence-electron chi connectivity index (χ1n) is 8.18. The maximum atomic E-state index is 10.9. The second-order valence-electron chi connectivity index (χ2n) is 5.80. The number of carboxylic acid groups (broad SMARTS) is 1. The summed E-state index contributed by atoms with van der Waals surface area (Å²) in [7, 11) is 0. The summed E-state index contributed by atoms with van der Waals surface area (Å²) in [6.45, 7) is 0. The van der Waals surface area contributed by atoms with Gasteiger partial charge in [-0.1, -0.05) is 36.4 Å². The summed E-state index contributed by atoms with van der Waals surface area (Å²) in [5, 5.41) is 13.5. The van der Waals surface area contributed by atoms with Crippen LogP contribution in [0.2, 0.25) is 0 Å². The summed E-state index contributed by atoms with van der Waals surface area (Å²) in [6.07, 6.45) is 4.39. The van der Waals surface area contributed by atoms with E-state index in [9.17, 15) is 9.59 Å². The number of carbonyl (C=O) groups excluding carboxylic acids is 1. The van der Waals surface area contributed by atoms with Crippen molar-refractivity contribution >= 4 is 34.2 Å². The summed E-state index contributed by atoms with van der Waals surface area (Å²) in [5.74, 6) is -1.04. The Morgan fingerprint density at radius 2 is 1.77 bits per heavy atom. The van der Waals surface area contributed by atoms with Gasteiger partial charge < -0.3 is 20.4 Å². The molecule has 0 spiro atoms. The first-order valence-corrected chi connectivity index (χ1v) is 8.18. The lowest BCUT2D eigenvalue weighted by molar-refractivity contribution is -0.140. The SMILES string of the molecule is O=CN[C@@H](Cc1c[nH]c2ccccc12)C(=O)O.c1ccc2[nH]ccc2c1. The molecule has 0 fully saturated rings. The maximum absolute atomic E-state index is 10.9. The molecule has 0 aliphatic carbocycles. The minimum atomic E-state index is -1.04. The zero-order valence-corrected chi connectivity index (χ0v) is 14.0. The minimum Gasteiger partial charge on any atom is -0.480 e. The Morgan fingerprint density at radius 1 is 1.04 bits per heavy atom. The number of H-pyrrole nitrogens is 2. The summed E-state index contributed by atoms with van der Waals surface area (Å²) < 4.78 is 0. The fraction of sp³-hybridized carbons (Fsp3) is 0.100. The van der Waals surface area contributed by atoms with E-state index in [1.165, 1.54) is 10.9 Å². The Balaban J connectivity index is 0.000000181. The third-order valence-corrected chi connectivity index (χ3v) is 4.13. The molecule has 2 heterocycles. The zero-order valence-electron chi connectivity index (χ0n) is 14.0. The van der Waals surface area contributed by atoms with Crippen molar-refractivity contribution in [3.8, 4) is 0 Å². The van der Waals surface area contributed by atoms with Crippen LogP contribution < -0.4 is 5.32 Å². The number of rotatable bonds is 5. The van der Waals surface area contributed by atoms with E-state index in [0.29, 0.717) is 6.41 Å². The number of hydrogen-bond acceptors (Lipinski definition) is 2. The van der Waals surface area contributed by atoms with Crippen LogP contribution in [-0.4, -0.2) is 33.5 Å². The molecule has 6 nitrogen and oxygen atoms in total. The van der Waals surface area contributed by atoms with Crippen LogP contribution in [0.15, 0.2) is 67.0 Å². The van der Waals surface area contributed by atoms with E-state index in [-0.39, 0.29) is 6.42 Å². The predicted molar refractivity (Wildman–Crippen MR) is 101 cm³/mol. The van der Waals surface area contributed by atoms with E-state index >= 15 is 0 Å². The minimum absolute atomic E-state index is 0.262. The molecule has 0 radical (unpaired) electrons. The number of aromatic amines is 2. The number of benzene rings is 2. The molecule has 2 aromatic carbocycles.